The first-order chi connectivity index (χ1) is 14.1. The number of esters is 1. The predicted molar refractivity (Wildman–Crippen MR) is 121 cm³/mol. The molecule has 1 aliphatic rings. The van der Waals surface area contributed by atoms with Crippen LogP contribution < -0.4 is 4.74 Å². The van der Waals surface area contributed by atoms with Crippen molar-refractivity contribution in [2.45, 2.75) is 104 Å². The fourth-order valence-electron chi connectivity index (χ4n) is 4.59. The molecule has 29 heavy (non-hydrogen) atoms. The third-order valence-corrected chi connectivity index (χ3v) is 6.44. The molecule has 2 rings (SSSR count). The average molecular weight is 403 g/mol. The highest BCUT2D eigenvalue weighted by Gasteiger charge is 2.22. The molecule has 1 saturated carbocycles. The maximum absolute atomic E-state index is 12.3. The van der Waals surface area contributed by atoms with Crippen molar-refractivity contribution in [3.8, 4) is 5.75 Å². The van der Waals surface area contributed by atoms with Gasteiger partial charge in [0.25, 0.3) is 0 Å². The van der Waals surface area contributed by atoms with Crippen LogP contribution in [0.2, 0.25) is 0 Å². The minimum atomic E-state index is -0.234. The van der Waals surface area contributed by atoms with Crippen molar-refractivity contribution in [1.82, 2.24) is 0 Å². The maximum Gasteiger partial charge on any atom is 0.338 e. The molecule has 1 fully saturated rings. The summed E-state index contributed by atoms with van der Waals surface area (Å²) in [7, 11) is 0. The van der Waals surface area contributed by atoms with E-state index in [2.05, 4.69) is 13.8 Å². The van der Waals surface area contributed by atoms with E-state index in [0.29, 0.717) is 5.56 Å². The number of hydrogen-bond acceptors (Lipinski definition) is 3. The van der Waals surface area contributed by atoms with Gasteiger partial charge in [0.2, 0.25) is 0 Å². The predicted octanol–water partition coefficient (Wildman–Crippen LogP) is 7.58. The van der Waals surface area contributed by atoms with E-state index < -0.39 is 0 Å². The second-order valence-electron chi connectivity index (χ2n) is 8.79. The number of rotatable bonds is 13. The fourth-order valence-corrected chi connectivity index (χ4v) is 4.59. The Balaban J connectivity index is 1.66. The van der Waals surface area contributed by atoms with Crippen molar-refractivity contribution in [1.29, 1.82) is 0 Å². The Labute approximate surface area is 178 Å². The molecule has 0 radical (unpaired) electrons. The lowest BCUT2D eigenvalue weighted by atomic mass is 9.76. The van der Waals surface area contributed by atoms with Crippen molar-refractivity contribution in [2.75, 3.05) is 6.61 Å². The first-order valence-corrected chi connectivity index (χ1v) is 12.1. The molecule has 0 aliphatic heterocycles. The Hall–Kier alpha value is -1.51. The van der Waals surface area contributed by atoms with E-state index in [0.717, 1.165) is 43.5 Å². The van der Waals surface area contributed by atoms with Gasteiger partial charge in [-0.25, -0.2) is 4.79 Å². The van der Waals surface area contributed by atoms with Crippen molar-refractivity contribution < 1.29 is 14.3 Å². The van der Waals surface area contributed by atoms with Crippen LogP contribution in [0.3, 0.4) is 0 Å². The summed E-state index contributed by atoms with van der Waals surface area (Å²) in [5.41, 5.74) is 0.603. The SMILES string of the molecule is CCCCCCC(C)OC(=O)c1ccc(OCCCC2CCCCC2CC)cc1. The molecule has 3 heteroatoms. The van der Waals surface area contributed by atoms with Gasteiger partial charge in [0.1, 0.15) is 5.75 Å². The quantitative estimate of drug-likeness (QED) is 0.252. The Bertz CT molecular complexity index is 566. The molecule has 0 amide bonds. The zero-order valence-corrected chi connectivity index (χ0v) is 19.0. The summed E-state index contributed by atoms with van der Waals surface area (Å²) in [5.74, 6) is 2.41. The fraction of sp³-hybridized carbons (Fsp3) is 0.731. The van der Waals surface area contributed by atoms with Crippen LogP contribution in [-0.4, -0.2) is 18.7 Å². The molecular weight excluding hydrogens is 360 g/mol. The standard InChI is InChI=1S/C26H42O3/c1-4-6-7-8-12-21(3)29-26(27)24-16-18-25(19-17-24)28-20-11-15-23-14-10-9-13-22(23)5-2/h16-19,21-23H,4-15,20H2,1-3H3. The number of unbranched alkanes of at least 4 members (excludes halogenated alkanes) is 3. The first kappa shape index (κ1) is 23.8. The van der Waals surface area contributed by atoms with E-state index in [1.54, 1.807) is 0 Å². The number of carbonyl (C=O) groups excluding carboxylic acids is 1. The van der Waals surface area contributed by atoms with E-state index in [1.807, 2.05) is 31.2 Å². The molecule has 1 aliphatic carbocycles. The molecule has 0 aromatic heterocycles. The van der Waals surface area contributed by atoms with Gasteiger partial charge in [-0.3, -0.25) is 0 Å². The zero-order chi connectivity index (χ0) is 20.9. The van der Waals surface area contributed by atoms with Gasteiger partial charge >= 0.3 is 5.97 Å². The zero-order valence-electron chi connectivity index (χ0n) is 19.0. The molecule has 3 unspecified atom stereocenters. The van der Waals surface area contributed by atoms with E-state index >= 15 is 0 Å². The number of ether oxygens (including phenoxy) is 2. The van der Waals surface area contributed by atoms with Gasteiger partial charge in [-0.1, -0.05) is 65.2 Å². The summed E-state index contributed by atoms with van der Waals surface area (Å²) in [6.07, 6.45) is 15.1. The molecule has 1 aromatic carbocycles. The Morgan fingerprint density at radius 1 is 1.00 bits per heavy atom. The summed E-state index contributed by atoms with van der Waals surface area (Å²) < 4.78 is 11.5. The summed E-state index contributed by atoms with van der Waals surface area (Å²) in [4.78, 5) is 12.3. The molecule has 1 aromatic rings. The molecule has 0 saturated heterocycles. The molecule has 3 atom stereocenters. The van der Waals surface area contributed by atoms with Crippen molar-refractivity contribution in [3.05, 3.63) is 29.8 Å². The number of hydrogen-bond donors (Lipinski definition) is 0. The first-order valence-electron chi connectivity index (χ1n) is 12.1. The highest BCUT2D eigenvalue weighted by atomic mass is 16.5. The Morgan fingerprint density at radius 2 is 1.72 bits per heavy atom. The highest BCUT2D eigenvalue weighted by Crippen LogP contribution is 2.35. The lowest BCUT2D eigenvalue weighted by molar-refractivity contribution is 0.0319. The van der Waals surface area contributed by atoms with Crippen molar-refractivity contribution in [2.24, 2.45) is 11.8 Å². The van der Waals surface area contributed by atoms with Gasteiger partial charge in [-0.05, 0) is 68.7 Å². The second kappa shape index (κ2) is 13.7. The molecule has 0 bridgehead atoms. The topological polar surface area (TPSA) is 35.5 Å². The molecule has 164 valence electrons. The highest BCUT2D eigenvalue weighted by molar-refractivity contribution is 5.89. The van der Waals surface area contributed by atoms with Gasteiger partial charge in [-0.15, -0.1) is 0 Å². The normalized spacial score (nSPS) is 20.2. The summed E-state index contributed by atoms with van der Waals surface area (Å²) in [5, 5.41) is 0. The maximum atomic E-state index is 12.3. The van der Waals surface area contributed by atoms with E-state index in [1.165, 1.54) is 57.8 Å². The van der Waals surface area contributed by atoms with Crippen LogP contribution in [0, 0.1) is 11.8 Å². The molecule has 3 nitrogen and oxygen atoms in total. The van der Waals surface area contributed by atoms with Gasteiger partial charge in [0.05, 0.1) is 18.3 Å². The van der Waals surface area contributed by atoms with Crippen LogP contribution in [0.1, 0.15) is 108 Å². The second-order valence-corrected chi connectivity index (χ2v) is 8.79. The Morgan fingerprint density at radius 3 is 2.41 bits per heavy atom. The van der Waals surface area contributed by atoms with Crippen molar-refractivity contribution in [3.63, 3.8) is 0 Å². The van der Waals surface area contributed by atoms with E-state index in [4.69, 9.17) is 9.47 Å². The Kier molecular flexibility index (Phi) is 11.2. The minimum absolute atomic E-state index is 0.0259. The van der Waals surface area contributed by atoms with E-state index in [9.17, 15) is 4.79 Å². The minimum Gasteiger partial charge on any atom is -0.494 e. The van der Waals surface area contributed by atoms with Crippen LogP contribution in [0.15, 0.2) is 24.3 Å². The van der Waals surface area contributed by atoms with Gasteiger partial charge in [0.15, 0.2) is 0 Å². The van der Waals surface area contributed by atoms with Gasteiger partial charge in [0, 0.05) is 0 Å². The van der Waals surface area contributed by atoms with Crippen LogP contribution in [0.5, 0.6) is 5.75 Å². The lowest BCUT2D eigenvalue weighted by Gasteiger charge is -2.30. The molecule has 0 spiro atoms. The smallest absolute Gasteiger partial charge is 0.338 e. The number of carbonyl (C=O) groups is 1. The van der Waals surface area contributed by atoms with Crippen molar-refractivity contribution >= 4 is 5.97 Å². The number of benzene rings is 1. The average Bonchev–Trinajstić information content (AvgIpc) is 2.75. The van der Waals surface area contributed by atoms with Crippen LogP contribution in [-0.2, 0) is 4.74 Å². The van der Waals surface area contributed by atoms with Crippen LogP contribution in [0.25, 0.3) is 0 Å². The third-order valence-electron chi connectivity index (χ3n) is 6.44. The molecule has 0 N–H and O–H groups in total. The van der Waals surface area contributed by atoms with Crippen LogP contribution in [0.4, 0.5) is 0 Å². The largest absolute Gasteiger partial charge is 0.494 e. The van der Waals surface area contributed by atoms with Crippen LogP contribution >= 0.6 is 0 Å². The summed E-state index contributed by atoms with van der Waals surface area (Å²) in [6.45, 7) is 7.27. The molecule has 0 heterocycles. The van der Waals surface area contributed by atoms with Gasteiger partial charge < -0.3 is 9.47 Å². The summed E-state index contributed by atoms with van der Waals surface area (Å²) in [6, 6.07) is 7.40. The molecular formula is C26H42O3. The summed E-state index contributed by atoms with van der Waals surface area (Å²) >= 11 is 0. The monoisotopic (exact) mass is 402 g/mol. The lowest BCUT2D eigenvalue weighted by Crippen LogP contribution is -2.19. The van der Waals surface area contributed by atoms with E-state index in [-0.39, 0.29) is 12.1 Å². The van der Waals surface area contributed by atoms with Gasteiger partial charge in [-0.2, -0.15) is 0 Å². The third kappa shape index (κ3) is 8.80.